The van der Waals surface area contributed by atoms with Crippen molar-refractivity contribution in [3.63, 3.8) is 0 Å². The quantitative estimate of drug-likeness (QED) is 0.195. The van der Waals surface area contributed by atoms with Gasteiger partial charge in [-0.15, -0.1) is 0 Å². The summed E-state index contributed by atoms with van der Waals surface area (Å²) < 4.78 is 5.43. The fourth-order valence-corrected chi connectivity index (χ4v) is 3.20. The van der Waals surface area contributed by atoms with Gasteiger partial charge in [-0.3, -0.25) is 10.2 Å². The summed E-state index contributed by atoms with van der Waals surface area (Å²) in [6.07, 6.45) is 5.36. The highest BCUT2D eigenvalue weighted by molar-refractivity contribution is 5.93. The van der Waals surface area contributed by atoms with Gasteiger partial charge < -0.3 is 20.7 Å². The average molecular weight is 439 g/mol. The van der Waals surface area contributed by atoms with Crippen molar-refractivity contribution in [3.05, 3.63) is 59.7 Å². The molecule has 0 atom stereocenters. The Morgan fingerprint density at radius 3 is 2.09 bits per heavy atom. The summed E-state index contributed by atoms with van der Waals surface area (Å²) in [4.78, 5) is 26.9. The van der Waals surface area contributed by atoms with Crippen LogP contribution in [0.2, 0.25) is 0 Å². The van der Waals surface area contributed by atoms with Crippen LogP contribution in [0.25, 0.3) is 0 Å². The van der Waals surface area contributed by atoms with Crippen LogP contribution in [0.4, 0.5) is 5.69 Å². The topological polar surface area (TPSA) is 109 Å². The number of nitrogens with zero attached hydrogens (tertiary/aromatic N) is 1. The number of nitrogens with two attached hydrogens (primary N) is 1. The highest BCUT2D eigenvalue weighted by atomic mass is 16.5. The summed E-state index contributed by atoms with van der Waals surface area (Å²) in [7, 11) is 0. The van der Waals surface area contributed by atoms with Crippen LogP contribution in [-0.2, 0) is 11.2 Å². The first-order valence-corrected chi connectivity index (χ1v) is 11.2. The van der Waals surface area contributed by atoms with Crippen LogP contribution in [0.3, 0.4) is 0 Å². The summed E-state index contributed by atoms with van der Waals surface area (Å²) in [5, 5.41) is 9.87. The molecule has 1 amide bonds. The van der Waals surface area contributed by atoms with Crippen LogP contribution in [0.15, 0.2) is 48.5 Å². The Hall–Kier alpha value is -3.35. The van der Waals surface area contributed by atoms with Crippen LogP contribution in [0, 0.1) is 5.41 Å². The van der Waals surface area contributed by atoms with Crippen LogP contribution < -0.4 is 15.8 Å². The third kappa shape index (κ3) is 8.41. The molecule has 4 N–H and O–H groups in total. The molecule has 0 spiro atoms. The average Bonchev–Trinajstić information content (AvgIpc) is 2.78. The molecular formula is C25H34N4O3. The highest BCUT2D eigenvalue weighted by Crippen LogP contribution is 2.17. The second-order valence-electron chi connectivity index (χ2n) is 7.74. The number of amides is 1. The predicted molar refractivity (Wildman–Crippen MR) is 128 cm³/mol. The number of hydrogen-bond donors (Lipinski definition) is 3. The second kappa shape index (κ2) is 13.1. The van der Waals surface area contributed by atoms with Crippen molar-refractivity contribution in [1.82, 2.24) is 4.90 Å². The molecule has 0 heterocycles. The van der Waals surface area contributed by atoms with Gasteiger partial charge in [0.1, 0.15) is 5.75 Å². The van der Waals surface area contributed by atoms with Crippen molar-refractivity contribution in [2.45, 2.75) is 52.4 Å². The third-order valence-corrected chi connectivity index (χ3v) is 5.08. The Morgan fingerprint density at radius 1 is 0.969 bits per heavy atom. The van der Waals surface area contributed by atoms with Crippen LogP contribution >= 0.6 is 0 Å². The van der Waals surface area contributed by atoms with E-state index >= 15 is 0 Å². The number of carbonyl (C=O) groups is 2. The van der Waals surface area contributed by atoms with Gasteiger partial charge in [0.05, 0.1) is 5.56 Å². The van der Waals surface area contributed by atoms with E-state index in [0.717, 1.165) is 44.3 Å². The van der Waals surface area contributed by atoms with Crippen LogP contribution in [0.5, 0.6) is 5.75 Å². The summed E-state index contributed by atoms with van der Waals surface area (Å²) in [6.45, 7) is 5.93. The largest absolute Gasteiger partial charge is 0.423 e. The van der Waals surface area contributed by atoms with Gasteiger partial charge in [-0.2, -0.15) is 0 Å². The van der Waals surface area contributed by atoms with Gasteiger partial charge in [0.15, 0.2) is 5.96 Å². The summed E-state index contributed by atoms with van der Waals surface area (Å²) in [5.74, 6) is 0.00943. The molecule has 0 aliphatic heterocycles. The van der Waals surface area contributed by atoms with Gasteiger partial charge in [-0.25, -0.2) is 4.79 Å². The van der Waals surface area contributed by atoms with E-state index in [0.29, 0.717) is 29.8 Å². The maximum atomic E-state index is 12.6. The van der Waals surface area contributed by atoms with E-state index < -0.39 is 5.97 Å². The van der Waals surface area contributed by atoms with E-state index in [-0.39, 0.29) is 11.9 Å². The lowest BCUT2D eigenvalue weighted by molar-refractivity contribution is -0.131. The number of ether oxygens (including phenoxy) is 1. The minimum Gasteiger partial charge on any atom is -0.423 e. The number of anilines is 1. The number of benzene rings is 2. The Morgan fingerprint density at radius 2 is 1.56 bits per heavy atom. The van der Waals surface area contributed by atoms with Crippen LogP contribution in [0.1, 0.15) is 61.9 Å². The Kier molecular flexibility index (Phi) is 10.2. The van der Waals surface area contributed by atoms with Crippen molar-refractivity contribution in [2.24, 2.45) is 5.73 Å². The lowest BCUT2D eigenvalue weighted by atomic mass is 10.1. The number of unbranched alkanes of at least 4 members (excludes halogenated alkanes) is 2. The van der Waals surface area contributed by atoms with E-state index in [1.807, 2.05) is 17.0 Å². The molecule has 2 rings (SSSR count). The first-order chi connectivity index (χ1) is 15.4. The van der Waals surface area contributed by atoms with Crippen molar-refractivity contribution in [3.8, 4) is 5.75 Å². The van der Waals surface area contributed by atoms with Gasteiger partial charge in [0, 0.05) is 25.2 Å². The molecule has 0 radical (unpaired) electrons. The molecule has 32 heavy (non-hydrogen) atoms. The fourth-order valence-electron chi connectivity index (χ4n) is 3.20. The molecule has 0 fully saturated rings. The van der Waals surface area contributed by atoms with Crippen molar-refractivity contribution in [2.75, 3.05) is 18.4 Å². The number of guanidine groups is 1. The number of hydrogen-bond acceptors (Lipinski definition) is 4. The summed E-state index contributed by atoms with van der Waals surface area (Å²) in [5.41, 5.74) is 7.34. The van der Waals surface area contributed by atoms with Crippen molar-refractivity contribution in [1.29, 1.82) is 5.41 Å². The van der Waals surface area contributed by atoms with Gasteiger partial charge in [0.2, 0.25) is 5.91 Å². The molecule has 0 bridgehead atoms. The lowest BCUT2D eigenvalue weighted by Gasteiger charge is -2.22. The molecule has 0 aromatic heterocycles. The highest BCUT2D eigenvalue weighted by Gasteiger charge is 2.13. The SMILES string of the molecule is CCCCN(CCCC)C(=O)CCc1ccc(OC(=O)c2ccc(NC(=N)N)cc2)cc1. The fraction of sp³-hybridized carbons (Fsp3) is 0.400. The molecular weight excluding hydrogens is 404 g/mol. The number of nitrogens with one attached hydrogen (secondary N) is 2. The minimum absolute atomic E-state index is 0.170. The monoisotopic (exact) mass is 438 g/mol. The van der Waals surface area contributed by atoms with E-state index in [4.69, 9.17) is 15.9 Å². The van der Waals surface area contributed by atoms with E-state index in [1.165, 1.54) is 0 Å². The molecule has 0 aliphatic carbocycles. The molecule has 0 aliphatic rings. The molecule has 2 aromatic rings. The zero-order valence-corrected chi connectivity index (χ0v) is 19.0. The molecule has 7 heteroatoms. The minimum atomic E-state index is -0.468. The maximum absolute atomic E-state index is 12.6. The zero-order valence-electron chi connectivity index (χ0n) is 19.0. The number of aryl methyl sites for hydroxylation is 1. The molecule has 2 aromatic carbocycles. The Labute approximate surface area is 190 Å². The third-order valence-electron chi connectivity index (χ3n) is 5.08. The zero-order chi connectivity index (χ0) is 23.3. The molecule has 0 saturated carbocycles. The normalized spacial score (nSPS) is 10.4. The molecule has 7 nitrogen and oxygen atoms in total. The predicted octanol–water partition coefficient (Wildman–Crippen LogP) is 4.57. The van der Waals surface area contributed by atoms with Crippen molar-refractivity contribution >= 4 is 23.5 Å². The summed E-state index contributed by atoms with van der Waals surface area (Å²) >= 11 is 0. The van der Waals surface area contributed by atoms with Gasteiger partial charge in [-0.1, -0.05) is 38.8 Å². The Bertz CT molecular complexity index is 871. The maximum Gasteiger partial charge on any atom is 0.343 e. The first-order valence-electron chi connectivity index (χ1n) is 11.2. The lowest BCUT2D eigenvalue weighted by Crippen LogP contribution is -2.33. The van der Waals surface area contributed by atoms with Gasteiger partial charge in [0.25, 0.3) is 0 Å². The van der Waals surface area contributed by atoms with Gasteiger partial charge in [-0.05, 0) is 61.2 Å². The second-order valence-corrected chi connectivity index (χ2v) is 7.74. The Balaban J connectivity index is 1.87. The summed E-state index contributed by atoms with van der Waals surface area (Å²) in [6, 6.07) is 13.8. The van der Waals surface area contributed by atoms with Gasteiger partial charge >= 0.3 is 5.97 Å². The van der Waals surface area contributed by atoms with Crippen LogP contribution in [-0.4, -0.2) is 35.8 Å². The van der Waals surface area contributed by atoms with E-state index in [1.54, 1.807) is 36.4 Å². The standard InChI is InChI=1S/C25H34N4O3/c1-3-5-17-29(18-6-4-2)23(30)16-9-19-7-14-22(15-8-19)32-24(31)20-10-12-21(13-11-20)28-25(26)27/h7-8,10-15H,3-6,9,16-18H2,1-2H3,(H4,26,27,28). The first kappa shape index (κ1) is 24.9. The molecule has 0 unspecified atom stereocenters. The van der Waals surface area contributed by atoms with E-state index in [2.05, 4.69) is 19.2 Å². The molecule has 172 valence electrons. The smallest absolute Gasteiger partial charge is 0.343 e. The van der Waals surface area contributed by atoms with E-state index in [9.17, 15) is 9.59 Å². The van der Waals surface area contributed by atoms with Crippen molar-refractivity contribution < 1.29 is 14.3 Å². The number of esters is 1. The number of rotatable bonds is 12. The number of carbonyl (C=O) groups excluding carboxylic acids is 2. The molecule has 0 saturated heterocycles.